The third kappa shape index (κ3) is 3.32. The Balaban J connectivity index is 0.00000220. The van der Waals surface area contributed by atoms with Crippen LogP contribution < -0.4 is 9.47 Å². The van der Waals surface area contributed by atoms with E-state index in [0.29, 0.717) is 5.56 Å². The van der Waals surface area contributed by atoms with Gasteiger partial charge in [-0.1, -0.05) is 30.3 Å². The number of carbonyl (C=O) groups excluding carboxylic acids is 1. The predicted molar refractivity (Wildman–Crippen MR) is 78.5 cm³/mol. The monoisotopic (exact) mass is 297 g/mol. The molecule has 2 aromatic carbocycles. The van der Waals surface area contributed by atoms with Gasteiger partial charge in [0.15, 0.2) is 17.3 Å². The van der Waals surface area contributed by atoms with Crippen molar-refractivity contribution in [3.8, 4) is 23.0 Å². The number of benzene rings is 2. The van der Waals surface area contributed by atoms with Crippen molar-refractivity contribution in [2.24, 2.45) is 0 Å². The summed E-state index contributed by atoms with van der Waals surface area (Å²) in [5, 5.41) is 19.4. The maximum Gasteiger partial charge on any atom is 0.207 e. The molecule has 0 spiro atoms. The van der Waals surface area contributed by atoms with Crippen LogP contribution in [-0.4, -0.2) is 59.8 Å². The summed E-state index contributed by atoms with van der Waals surface area (Å²) < 4.78 is 10.1. The van der Waals surface area contributed by atoms with E-state index in [0.717, 1.165) is 6.07 Å². The molecule has 2 rings (SSSR count). The van der Waals surface area contributed by atoms with Crippen LogP contribution in [0.15, 0.2) is 36.4 Å². The summed E-state index contributed by atoms with van der Waals surface area (Å²) in [4.78, 5) is 12.4. The van der Waals surface area contributed by atoms with E-state index in [-0.39, 0.29) is 52.4 Å². The zero-order valence-electron chi connectivity index (χ0n) is 12.1. The van der Waals surface area contributed by atoms with Crippen molar-refractivity contribution in [3.05, 3.63) is 47.5 Å². The maximum absolute atomic E-state index is 12.4. The van der Waals surface area contributed by atoms with Crippen LogP contribution in [0.25, 0.3) is 0 Å². The molecule has 21 heavy (non-hydrogen) atoms. The molecule has 0 atom stereocenters. The molecular weight excluding hydrogens is 283 g/mol. The number of phenolic OH excluding ortho intramolecular Hbond substituents is 2. The van der Waals surface area contributed by atoms with Gasteiger partial charge in [0.25, 0.3) is 0 Å². The van der Waals surface area contributed by atoms with Gasteiger partial charge in [-0.05, 0) is 6.07 Å². The molecule has 0 aliphatic carbocycles. The topological polar surface area (TPSA) is 76.0 Å². The van der Waals surface area contributed by atoms with Crippen molar-refractivity contribution < 1.29 is 24.5 Å². The fourth-order valence-corrected chi connectivity index (χ4v) is 1.92. The van der Waals surface area contributed by atoms with E-state index in [1.165, 1.54) is 14.2 Å². The number of carbonyl (C=O) groups is 1. The average Bonchev–Trinajstić information content (AvgIpc) is 2.49. The van der Waals surface area contributed by atoms with E-state index in [1.54, 1.807) is 30.3 Å². The number of methoxy groups -OCH3 is 2. The molecular formula is C15H14NaO5. The minimum Gasteiger partial charge on any atom is -0.504 e. The Hall–Kier alpha value is -1.69. The number of aromatic hydroxyl groups is 2. The van der Waals surface area contributed by atoms with Gasteiger partial charge in [0.05, 0.1) is 19.8 Å². The van der Waals surface area contributed by atoms with E-state index in [9.17, 15) is 15.0 Å². The van der Waals surface area contributed by atoms with Crippen LogP contribution in [0.1, 0.15) is 15.9 Å². The number of hydrogen-bond acceptors (Lipinski definition) is 5. The fraction of sp³-hybridized carbons (Fsp3) is 0.133. The van der Waals surface area contributed by atoms with Gasteiger partial charge in [-0.15, -0.1) is 0 Å². The largest absolute Gasteiger partial charge is 0.504 e. The number of hydrogen-bond donors (Lipinski definition) is 2. The van der Waals surface area contributed by atoms with Gasteiger partial charge in [-0.3, -0.25) is 4.79 Å². The summed E-state index contributed by atoms with van der Waals surface area (Å²) in [5.41, 5.74) is 0.559. The molecule has 2 N–H and O–H groups in total. The molecule has 1 radical (unpaired) electrons. The molecule has 0 bridgehead atoms. The van der Waals surface area contributed by atoms with Crippen LogP contribution in [0.4, 0.5) is 0 Å². The zero-order chi connectivity index (χ0) is 14.7. The Labute approximate surface area is 144 Å². The Bertz CT molecular complexity index is 640. The summed E-state index contributed by atoms with van der Waals surface area (Å²) in [6.07, 6.45) is 0. The molecule has 0 amide bonds. The van der Waals surface area contributed by atoms with Crippen LogP contribution >= 0.6 is 0 Å². The molecule has 0 aromatic heterocycles. The molecule has 5 nitrogen and oxygen atoms in total. The molecule has 0 saturated heterocycles. The number of ether oxygens (including phenoxy) is 2. The SMILES string of the molecule is COc1c(C(=O)c2ccccc2)cc(O)c(O)c1OC.[Na]. The summed E-state index contributed by atoms with van der Waals surface area (Å²) in [5.74, 6) is -1.24. The van der Waals surface area contributed by atoms with Gasteiger partial charge in [-0.2, -0.15) is 0 Å². The minimum absolute atomic E-state index is 0. The van der Waals surface area contributed by atoms with E-state index in [4.69, 9.17) is 9.47 Å². The van der Waals surface area contributed by atoms with Crippen molar-refractivity contribution >= 4 is 35.3 Å². The van der Waals surface area contributed by atoms with Gasteiger partial charge in [0.2, 0.25) is 11.5 Å². The molecule has 0 saturated carbocycles. The van der Waals surface area contributed by atoms with E-state index in [2.05, 4.69) is 0 Å². The Morgan fingerprint density at radius 1 is 1.00 bits per heavy atom. The second-order valence-electron chi connectivity index (χ2n) is 4.05. The van der Waals surface area contributed by atoms with E-state index in [1.807, 2.05) is 0 Å². The molecule has 0 unspecified atom stereocenters. The van der Waals surface area contributed by atoms with Gasteiger partial charge < -0.3 is 19.7 Å². The minimum atomic E-state index is -0.464. The van der Waals surface area contributed by atoms with Crippen LogP contribution in [-0.2, 0) is 0 Å². The number of phenols is 2. The fourth-order valence-electron chi connectivity index (χ4n) is 1.92. The normalized spacial score (nSPS) is 9.62. The first-order valence-electron chi connectivity index (χ1n) is 5.86. The van der Waals surface area contributed by atoms with Gasteiger partial charge in [0, 0.05) is 35.1 Å². The first-order chi connectivity index (χ1) is 9.60. The molecule has 0 aliphatic rings. The van der Waals surface area contributed by atoms with E-state index < -0.39 is 11.5 Å². The number of rotatable bonds is 4. The van der Waals surface area contributed by atoms with Crippen LogP contribution in [0, 0.1) is 0 Å². The molecule has 0 fully saturated rings. The molecule has 105 valence electrons. The first-order valence-corrected chi connectivity index (χ1v) is 5.86. The molecule has 0 aliphatic heterocycles. The van der Waals surface area contributed by atoms with Crippen LogP contribution in [0.5, 0.6) is 23.0 Å². The first kappa shape index (κ1) is 17.4. The summed E-state index contributed by atoms with van der Waals surface area (Å²) >= 11 is 0. The Kier molecular flexibility index (Phi) is 6.08. The quantitative estimate of drug-likeness (QED) is 0.512. The van der Waals surface area contributed by atoms with Crippen LogP contribution in [0.2, 0.25) is 0 Å². The van der Waals surface area contributed by atoms with Gasteiger partial charge in [-0.25, -0.2) is 0 Å². The average molecular weight is 297 g/mol. The van der Waals surface area contributed by atoms with Gasteiger partial charge >= 0.3 is 0 Å². The van der Waals surface area contributed by atoms with Gasteiger partial charge in [0.1, 0.15) is 0 Å². The smallest absolute Gasteiger partial charge is 0.207 e. The predicted octanol–water partition coefficient (Wildman–Crippen LogP) is 1.97. The molecule has 6 heteroatoms. The summed E-state index contributed by atoms with van der Waals surface area (Å²) in [7, 11) is 2.67. The van der Waals surface area contributed by atoms with Crippen LogP contribution in [0.3, 0.4) is 0 Å². The summed E-state index contributed by atoms with van der Waals surface area (Å²) in [6, 6.07) is 9.72. The maximum atomic E-state index is 12.4. The molecule has 2 aromatic rings. The zero-order valence-corrected chi connectivity index (χ0v) is 14.1. The standard InChI is InChI=1S/C15H14O5.Na/c1-19-14-10(8-11(16)13(18)15(14)20-2)12(17)9-6-4-3-5-7-9;/h3-8,16,18H,1-2H3;. The summed E-state index contributed by atoms with van der Waals surface area (Å²) in [6.45, 7) is 0. The second-order valence-corrected chi connectivity index (χ2v) is 4.05. The molecule has 0 heterocycles. The third-order valence-electron chi connectivity index (χ3n) is 2.88. The van der Waals surface area contributed by atoms with Crippen molar-refractivity contribution in [2.75, 3.05) is 14.2 Å². The van der Waals surface area contributed by atoms with Crippen molar-refractivity contribution in [2.45, 2.75) is 0 Å². The Morgan fingerprint density at radius 2 is 1.57 bits per heavy atom. The van der Waals surface area contributed by atoms with Crippen molar-refractivity contribution in [1.29, 1.82) is 0 Å². The second kappa shape index (κ2) is 7.36. The third-order valence-corrected chi connectivity index (χ3v) is 2.88. The van der Waals surface area contributed by atoms with Crippen molar-refractivity contribution in [3.63, 3.8) is 0 Å². The Morgan fingerprint density at radius 3 is 2.10 bits per heavy atom. The number of ketones is 1. The van der Waals surface area contributed by atoms with Crippen molar-refractivity contribution in [1.82, 2.24) is 0 Å². The van der Waals surface area contributed by atoms with E-state index >= 15 is 0 Å².